The van der Waals surface area contributed by atoms with Gasteiger partial charge in [-0.15, -0.1) is 0 Å². The van der Waals surface area contributed by atoms with E-state index in [0.717, 1.165) is 5.56 Å². The molecule has 0 bridgehead atoms. The second-order valence-corrected chi connectivity index (χ2v) is 8.26. The van der Waals surface area contributed by atoms with Crippen molar-refractivity contribution in [2.75, 3.05) is 13.2 Å². The zero-order chi connectivity index (χ0) is 18.8. The van der Waals surface area contributed by atoms with E-state index in [1.807, 2.05) is 25.1 Å². The number of nitriles is 2. The number of fused-ring (bicyclic) bond motifs is 2. The van der Waals surface area contributed by atoms with Crippen LogP contribution >= 0.6 is 0 Å². The lowest BCUT2D eigenvalue weighted by molar-refractivity contribution is -0.192. The summed E-state index contributed by atoms with van der Waals surface area (Å²) in [6, 6.07) is 14.8. The molecule has 2 heterocycles. The molecule has 0 aromatic heterocycles. The molecule has 1 spiro atoms. The molecular weight excluding hydrogens is 328 g/mol. The van der Waals surface area contributed by atoms with E-state index in [1.165, 1.54) is 0 Å². The lowest BCUT2D eigenvalue weighted by atomic mass is 9.72. The fourth-order valence-electron chi connectivity index (χ4n) is 5.54. The predicted molar refractivity (Wildman–Crippen MR) is 94.5 cm³/mol. The van der Waals surface area contributed by atoms with Crippen molar-refractivity contribution in [2.45, 2.75) is 38.5 Å². The molecule has 0 unspecified atom stereocenters. The van der Waals surface area contributed by atoms with Crippen LogP contribution in [0.15, 0.2) is 35.3 Å². The Morgan fingerprint density at radius 1 is 1.15 bits per heavy atom. The van der Waals surface area contributed by atoms with Crippen molar-refractivity contribution in [1.29, 1.82) is 10.5 Å². The van der Waals surface area contributed by atoms with Gasteiger partial charge in [0.05, 0.1) is 25.4 Å². The van der Waals surface area contributed by atoms with Crippen molar-refractivity contribution in [2.24, 2.45) is 27.0 Å². The minimum absolute atomic E-state index is 0.148. The molecule has 26 heavy (non-hydrogen) atoms. The summed E-state index contributed by atoms with van der Waals surface area (Å²) in [7, 11) is 0. The Balaban J connectivity index is 1.83. The largest absolute Gasteiger partial charge is 0.386 e. The molecule has 6 heteroatoms. The summed E-state index contributed by atoms with van der Waals surface area (Å²) in [6.45, 7) is 6.85. The third-order valence-electron chi connectivity index (χ3n) is 6.65. The molecule has 0 radical (unpaired) electrons. The van der Waals surface area contributed by atoms with Crippen LogP contribution in [0.25, 0.3) is 0 Å². The molecule has 1 aliphatic carbocycles. The number of nitrogens with two attached hydrogens (primary N) is 1. The molecular formula is C20H22N4O2. The first-order valence-corrected chi connectivity index (χ1v) is 8.79. The van der Waals surface area contributed by atoms with Gasteiger partial charge in [-0.3, -0.25) is 0 Å². The first-order chi connectivity index (χ1) is 12.3. The Morgan fingerprint density at radius 2 is 1.77 bits per heavy atom. The summed E-state index contributed by atoms with van der Waals surface area (Å²) in [5, 5.41) is 20.3. The van der Waals surface area contributed by atoms with Gasteiger partial charge in [-0.25, -0.2) is 4.99 Å². The van der Waals surface area contributed by atoms with Crippen molar-refractivity contribution >= 4 is 5.84 Å². The maximum atomic E-state index is 10.2. The van der Waals surface area contributed by atoms with E-state index in [-0.39, 0.29) is 11.3 Å². The van der Waals surface area contributed by atoms with Crippen LogP contribution in [0.1, 0.15) is 32.8 Å². The van der Waals surface area contributed by atoms with Crippen LogP contribution < -0.4 is 5.73 Å². The Hall–Kier alpha value is -2.41. The number of hydrogen-bond acceptors (Lipinski definition) is 6. The highest BCUT2D eigenvalue weighted by Crippen LogP contribution is 2.87. The third kappa shape index (κ3) is 1.52. The van der Waals surface area contributed by atoms with Gasteiger partial charge in [0.15, 0.2) is 5.41 Å². The highest BCUT2D eigenvalue weighted by molar-refractivity contribution is 6.00. The SMILES string of the molecule is CC(C)(C[C@@]1(C)[C@]2(C#N)C(N)=NC3(OCCO3)[C@]12C#N)c1ccccc1. The number of rotatable bonds is 3. The standard InChI is InChI=1S/C20H22N4O2/c1-16(2,14-7-5-4-6-8-14)11-17(3)18(12-21)15(23)24-20(19(17,18)13-22)25-9-10-26-20/h4-8H,9-11H2,1-3H3,(H2,23,24)/t17-,18-,19+/m0/s1. The van der Waals surface area contributed by atoms with Crippen molar-refractivity contribution in [1.82, 2.24) is 0 Å². The molecule has 2 fully saturated rings. The number of aliphatic imine (C=N–C) groups is 1. The topological polar surface area (TPSA) is 104 Å². The molecule has 3 aliphatic rings. The fourth-order valence-corrected chi connectivity index (χ4v) is 5.54. The van der Waals surface area contributed by atoms with Gasteiger partial charge in [0.1, 0.15) is 11.3 Å². The van der Waals surface area contributed by atoms with Gasteiger partial charge < -0.3 is 15.2 Å². The molecule has 1 saturated carbocycles. The van der Waals surface area contributed by atoms with Gasteiger partial charge in [-0.05, 0) is 17.4 Å². The third-order valence-corrected chi connectivity index (χ3v) is 6.65. The number of benzene rings is 1. The van der Waals surface area contributed by atoms with E-state index in [4.69, 9.17) is 15.2 Å². The van der Waals surface area contributed by atoms with E-state index in [9.17, 15) is 10.5 Å². The zero-order valence-electron chi connectivity index (χ0n) is 15.2. The van der Waals surface area contributed by atoms with Crippen molar-refractivity contribution in [3.8, 4) is 12.1 Å². The minimum Gasteiger partial charge on any atom is -0.386 e. The van der Waals surface area contributed by atoms with Crippen molar-refractivity contribution in [3.05, 3.63) is 35.9 Å². The quantitative estimate of drug-likeness (QED) is 0.901. The highest BCUT2D eigenvalue weighted by Gasteiger charge is 2.99. The summed E-state index contributed by atoms with van der Waals surface area (Å²) >= 11 is 0. The van der Waals surface area contributed by atoms with Gasteiger partial charge in [0, 0.05) is 5.41 Å². The van der Waals surface area contributed by atoms with Crippen LogP contribution in [0.2, 0.25) is 0 Å². The number of amidine groups is 1. The molecule has 1 saturated heterocycles. The summed E-state index contributed by atoms with van der Waals surface area (Å²) in [4.78, 5) is 4.34. The van der Waals surface area contributed by atoms with Crippen LogP contribution in [0, 0.1) is 38.9 Å². The molecule has 1 aromatic rings. The second-order valence-electron chi connectivity index (χ2n) is 8.26. The lowest BCUT2D eigenvalue weighted by Crippen LogP contribution is -2.42. The Morgan fingerprint density at radius 3 is 2.31 bits per heavy atom. The minimum atomic E-state index is -1.47. The normalized spacial score (nSPS) is 36.9. The van der Waals surface area contributed by atoms with Crippen LogP contribution in [0.5, 0.6) is 0 Å². The first kappa shape index (κ1) is 17.0. The molecule has 6 nitrogen and oxygen atoms in total. The van der Waals surface area contributed by atoms with Crippen LogP contribution in [0.3, 0.4) is 0 Å². The number of ether oxygens (including phenoxy) is 2. The Bertz CT molecular complexity index is 875. The van der Waals surface area contributed by atoms with E-state index < -0.39 is 22.2 Å². The van der Waals surface area contributed by atoms with Gasteiger partial charge in [0.25, 0.3) is 5.91 Å². The van der Waals surface area contributed by atoms with Gasteiger partial charge in [0.2, 0.25) is 0 Å². The summed E-state index contributed by atoms with van der Waals surface area (Å²) in [5.74, 6) is -1.32. The smallest absolute Gasteiger partial charge is 0.293 e. The predicted octanol–water partition coefficient (Wildman–Crippen LogP) is 2.47. The maximum Gasteiger partial charge on any atom is 0.293 e. The molecule has 4 rings (SSSR count). The van der Waals surface area contributed by atoms with Crippen LogP contribution in [0.4, 0.5) is 0 Å². The summed E-state index contributed by atoms with van der Waals surface area (Å²) in [5.41, 5.74) is 3.92. The van der Waals surface area contributed by atoms with Crippen LogP contribution in [-0.4, -0.2) is 25.0 Å². The van der Waals surface area contributed by atoms with Crippen molar-refractivity contribution < 1.29 is 9.47 Å². The first-order valence-electron chi connectivity index (χ1n) is 8.79. The molecule has 3 atom stereocenters. The maximum absolute atomic E-state index is 10.2. The molecule has 1 aromatic carbocycles. The molecule has 0 amide bonds. The molecule has 2 N–H and O–H groups in total. The van der Waals surface area contributed by atoms with Gasteiger partial charge in [-0.1, -0.05) is 51.1 Å². The van der Waals surface area contributed by atoms with Crippen molar-refractivity contribution in [3.63, 3.8) is 0 Å². The van der Waals surface area contributed by atoms with Gasteiger partial charge in [-0.2, -0.15) is 10.5 Å². The summed E-state index contributed by atoms with van der Waals surface area (Å²) in [6.07, 6.45) is 0.579. The number of nitrogens with zero attached hydrogens (tertiary/aromatic N) is 3. The average Bonchev–Trinajstić information content (AvgIpc) is 2.91. The van der Waals surface area contributed by atoms with Crippen LogP contribution in [-0.2, 0) is 14.9 Å². The molecule has 2 aliphatic heterocycles. The average molecular weight is 350 g/mol. The summed E-state index contributed by atoms with van der Waals surface area (Å²) < 4.78 is 11.6. The number of hydrogen-bond donors (Lipinski definition) is 1. The Labute approximate surface area is 153 Å². The van der Waals surface area contributed by atoms with E-state index in [2.05, 4.69) is 43.1 Å². The second kappa shape index (κ2) is 4.85. The monoisotopic (exact) mass is 350 g/mol. The fraction of sp³-hybridized carbons (Fsp3) is 0.550. The molecule has 134 valence electrons. The van der Waals surface area contributed by atoms with E-state index in [1.54, 1.807) is 0 Å². The van der Waals surface area contributed by atoms with E-state index >= 15 is 0 Å². The van der Waals surface area contributed by atoms with E-state index in [0.29, 0.717) is 19.6 Å². The highest BCUT2D eigenvalue weighted by atomic mass is 16.8. The lowest BCUT2D eigenvalue weighted by Gasteiger charge is -2.34. The Kier molecular flexibility index (Phi) is 3.18. The van der Waals surface area contributed by atoms with Gasteiger partial charge >= 0.3 is 0 Å². The zero-order valence-corrected chi connectivity index (χ0v) is 15.2.